The van der Waals surface area contributed by atoms with Gasteiger partial charge in [-0.05, 0) is 25.5 Å². The summed E-state index contributed by atoms with van der Waals surface area (Å²) in [6.07, 6.45) is 0. The summed E-state index contributed by atoms with van der Waals surface area (Å²) >= 11 is 0. The van der Waals surface area contributed by atoms with E-state index in [1.54, 1.807) is 7.11 Å². The van der Waals surface area contributed by atoms with Gasteiger partial charge in [-0.1, -0.05) is 35.9 Å². The molecule has 0 fully saturated rings. The van der Waals surface area contributed by atoms with Gasteiger partial charge in [0, 0.05) is 18.7 Å². The third kappa shape index (κ3) is 3.80. The largest absolute Gasteiger partial charge is 0.481 e. The first-order valence-corrected chi connectivity index (χ1v) is 6.49. The van der Waals surface area contributed by atoms with Gasteiger partial charge in [-0.15, -0.1) is 0 Å². The Morgan fingerprint density at radius 1 is 1.16 bits per heavy atom. The van der Waals surface area contributed by atoms with Crippen molar-refractivity contribution < 1.29 is 4.74 Å². The van der Waals surface area contributed by atoms with E-state index >= 15 is 0 Å². The van der Waals surface area contributed by atoms with Crippen molar-refractivity contribution in [3.8, 4) is 5.88 Å². The molecule has 1 aromatic carbocycles. The lowest BCUT2D eigenvalue weighted by Gasteiger charge is -2.14. The van der Waals surface area contributed by atoms with Crippen molar-refractivity contribution in [2.75, 3.05) is 7.11 Å². The van der Waals surface area contributed by atoms with E-state index in [2.05, 4.69) is 48.4 Å². The monoisotopic (exact) mass is 256 g/mol. The van der Waals surface area contributed by atoms with E-state index in [0.29, 0.717) is 11.9 Å². The van der Waals surface area contributed by atoms with Crippen LogP contribution in [0, 0.1) is 6.92 Å². The maximum atomic E-state index is 5.12. The molecule has 2 rings (SSSR count). The van der Waals surface area contributed by atoms with Crippen LogP contribution in [-0.4, -0.2) is 12.1 Å². The van der Waals surface area contributed by atoms with Crippen molar-refractivity contribution in [3.63, 3.8) is 0 Å². The molecule has 0 aliphatic rings. The minimum absolute atomic E-state index is 0.300. The number of methoxy groups -OCH3 is 1. The Balaban J connectivity index is 1.96. The second kappa shape index (κ2) is 6.34. The summed E-state index contributed by atoms with van der Waals surface area (Å²) in [5, 5.41) is 3.47. The zero-order chi connectivity index (χ0) is 13.7. The van der Waals surface area contributed by atoms with Crippen LogP contribution in [0.5, 0.6) is 5.88 Å². The standard InChI is InChI=1S/C16H20N2O/c1-12-7-9-14(10-8-12)13(2)17-11-15-5-4-6-16(18-15)19-3/h4-10,13,17H,11H2,1-3H3/t13-/m0/s1. The number of aromatic nitrogens is 1. The van der Waals surface area contributed by atoms with E-state index in [1.807, 2.05) is 18.2 Å². The highest BCUT2D eigenvalue weighted by atomic mass is 16.5. The van der Waals surface area contributed by atoms with Crippen LogP contribution in [0.4, 0.5) is 0 Å². The molecule has 0 spiro atoms. The number of pyridine rings is 1. The Hall–Kier alpha value is -1.87. The quantitative estimate of drug-likeness (QED) is 0.891. The van der Waals surface area contributed by atoms with Gasteiger partial charge in [0.25, 0.3) is 0 Å². The highest BCUT2D eigenvalue weighted by molar-refractivity contribution is 5.24. The second-order valence-corrected chi connectivity index (χ2v) is 4.68. The summed E-state index contributed by atoms with van der Waals surface area (Å²) in [6, 6.07) is 14.7. The van der Waals surface area contributed by atoms with Crippen molar-refractivity contribution >= 4 is 0 Å². The van der Waals surface area contributed by atoms with Gasteiger partial charge < -0.3 is 10.1 Å². The Morgan fingerprint density at radius 3 is 2.58 bits per heavy atom. The van der Waals surface area contributed by atoms with Crippen LogP contribution in [-0.2, 0) is 6.54 Å². The maximum Gasteiger partial charge on any atom is 0.213 e. The smallest absolute Gasteiger partial charge is 0.213 e. The predicted molar refractivity (Wildman–Crippen MR) is 77.2 cm³/mol. The van der Waals surface area contributed by atoms with Crippen molar-refractivity contribution in [2.24, 2.45) is 0 Å². The third-order valence-electron chi connectivity index (χ3n) is 3.16. The van der Waals surface area contributed by atoms with Crippen LogP contribution in [0.2, 0.25) is 0 Å². The van der Waals surface area contributed by atoms with Crippen LogP contribution < -0.4 is 10.1 Å². The van der Waals surface area contributed by atoms with E-state index in [0.717, 1.165) is 12.2 Å². The normalized spacial score (nSPS) is 12.2. The molecular weight excluding hydrogens is 236 g/mol. The van der Waals surface area contributed by atoms with Gasteiger partial charge >= 0.3 is 0 Å². The van der Waals surface area contributed by atoms with E-state index in [9.17, 15) is 0 Å². The predicted octanol–water partition coefficient (Wildman–Crippen LogP) is 3.25. The first kappa shape index (κ1) is 13.6. The Bertz CT molecular complexity index is 523. The van der Waals surface area contributed by atoms with Crippen molar-refractivity contribution in [1.29, 1.82) is 0 Å². The molecule has 1 N–H and O–H groups in total. The van der Waals surface area contributed by atoms with Gasteiger partial charge in [0.1, 0.15) is 0 Å². The lowest BCUT2D eigenvalue weighted by Crippen LogP contribution is -2.18. The first-order chi connectivity index (χ1) is 9.19. The molecule has 0 radical (unpaired) electrons. The van der Waals surface area contributed by atoms with Gasteiger partial charge in [-0.2, -0.15) is 0 Å². The molecule has 0 unspecified atom stereocenters. The highest BCUT2D eigenvalue weighted by Gasteiger charge is 2.05. The molecule has 0 saturated carbocycles. The van der Waals surface area contributed by atoms with E-state index in [4.69, 9.17) is 4.74 Å². The average Bonchev–Trinajstić information content (AvgIpc) is 2.46. The number of nitrogens with one attached hydrogen (secondary N) is 1. The summed E-state index contributed by atoms with van der Waals surface area (Å²) in [4.78, 5) is 4.39. The van der Waals surface area contributed by atoms with E-state index in [1.165, 1.54) is 11.1 Å². The van der Waals surface area contributed by atoms with Crippen molar-refractivity contribution in [3.05, 3.63) is 59.3 Å². The summed E-state index contributed by atoms with van der Waals surface area (Å²) in [5.41, 5.74) is 3.55. The summed E-state index contributed by atoms with van der Waals surface area (Å²) < 4.78 is 5.12. The SMILES string of the molecule is COc1cccc(CN[C@@H](C)c2ccc(C)cc2)n1. The lowest BCUT2D eigenvalue weighted by molar-refractivity contribution is 0.395. The van der Waals surface area contributed by atoms with Crippen LogP contribution in [0.15, 0.2) is 42.5 Å². The topological polar surface area (TPSA) is 34.1 Å². The van der Waals surface area contributed by atoms with Gasteiger partial charge in [0.15, 0.2) is 0 Å². The van der Waals surface area contributed by atoms with Crippen LogP contribution in [0.3, 0.4) is 0 Å². The summed E-state index contributed by atoms with van der Waals surface area (Å²) in [5.74, 6) is 0.655. The number of rotatable bonds is 5. The van der Waals surface area contributed by atoms with Gasteiger partial charge in [-0.25, -0.2) is 4.98 Å². The lowest BCUT2D eigenvalue weighted by atomic mass is 10.1. The average molecular weight is 256 g/mol. The Labute approximate surface area is 114 Å². The van der Waals surface area contributed by atoms with Crippen LogP contribution in [0.25, 0.3) is 0 Å². The Morgan fingerprint density at radius 2 is 1.89 bits per heavy atom. The van der Waals surface area contributed by atoms with Gasteiger partial charge in [0.2, 0.25) is 5.88 Å². The summed E-state index contributed by atoms with van der Waals surface area (Å²) in [6.45, 7) is 4.99. The maximum absolute atomic E-state index is 5.12. The fourth-order valence-corrected chi connectivity index (χ4v) is 1.90. The van der Waals surface area contributed by atoms with Gasteiger partial charge in [0.05, 0.1) is 12.8 Å². The molecule has 19 heavy (non-hydrogen) atoms. The molecule has 3 heteroatoms. The number of aryl methyl sites for hydroxylation is 1. The van der Waals surface area contributed by atoms with E-state index < -0.39 is 0 Å². The molecule has 3 nitrogen and oxygen atoms in total. The minimum Gasteiger partial charge on any atom is -0.481 e. The number of hydrogen-bond donors (Lipinski definition) is 1. The zero-order valence-corrected chi connectivity index (χ0v) is 11.7. The van der Waals surface area contributed by atoms with Crippen LogP contribution in [0.1, 0.15) is 29.8 Å². The summed E-state index contributed by atoms with van der Waals surface area (Å²) in [7, 11) is 1.63. The fourth-order valence-electron chi connectivity index (χ4n) is 1.90. The van der Waals surface area contributed by atoms with Crippen LogP contribution >= 0.6 is 0 Å². The molecule has 2 aromatic rings. The molecule has 1 aromatic heterocycles. The zero-order valence-electron chi connectivity index (χ0n) is 11.7. The molecule has 0 aliphatic carbocycles. The molecule has 0 amide bonds. The molecule has 0 aliphatic heterocycles. The molecule has 0 saturated heterocycles. The number of ether oxygens (including phenoxy) is 1. The minimum atomic E-state index is 0.300. The second-order valence-electron chi connectivity index (χ2n) is 4.68. The highest BCUT2D eigenvalue weighted by Crippen LogP contribution is 2.14. The first-order valence-electron chi connectivity index (χ1n) is 6.49. The third-order valence-corrected chi connectivity index (χ3v) is 3.16. The molecule has 1 heterocycles. The van der Waals surface area contributed by atoms with Crippen molar-refractivity contribution in [1.82, 2.24) is 10.3 Å². The molecule has 0 bridgehead atoms. The molecular formula is C16H20N2O. The molecule has 1 atom stereocenters. The molecule has 100 valence electrons. The Kier molecular flexibility index (Phi) is 4.53. The van der Waals surface area contributed by atoms with Gasteiger partial charge in [-0.3, -0.25) is 0 Å². The number of benzene rings is 1. The number of hydrogen-bond acceptors (Lipinski definition) is 3. The van der Waals surface area contributed by atoms with E-state index in [-0.39, 0.29) is 0 Å². The number of nitrogens with zero attached hydrogens (tertiary/aromatic N) is 1. The van der Waals surface area contributed by atoms with Crippen molar-refractivity contribution in [2.45, 2.75) is 26.4 Å². The fraction of sp³-hybridized carbons (Fsp3) is 0.312.